The van der Waals surface area contributed by atoms with Crippen molar-refractivity contribution in [1.29, 1.82) is 0 Å². The SMILES string of the molecule is Cc1nc(Cc2ccc(Cl)cc2)sc1NC(=O)c1ccnn1C. The van der Waals surface area contributed by atoms with Gasteiger partial charge < -0.3 is 5.32 Å². The van der Waals surface area contributed by atoms with Crippen LogP contribution >= 0.6 is 22.9 Å². The Labute approximate surface area is 142 Å². The minimum Gasteiger partial charge on any atom is -0.311 e. The van der Waals surface area contributed by atoms with Crippen molar-refractivity contribution < 1.29 is 4.79 Å². The number of anilines is 1. The first-order valence-electron chi connectivity index (χ1n) is 7.03. The second kappa shape index (κ2) is 6.52. The van der Waals surface area contributed by atoms with E-state index in [0.717, 1.165) is 21.3 Å². The van der Waals surface area contributed by atoms with Crippen LogP contribution in [0.4, 0.5) is 5.00 Å². The Bertz CT molecular complexity index is 838. The molecule has 0 aliphatic heterocycles. The lowest BCUT2D eigenvalue weighted by atomic mass is 10.2. The molecule has 2 heterocycles. The van der Waals surface area contributed by atoms with Gasteiger partial charge in [0.25, 0.3) is 5.91 Å². The van der Waals surface area contributed by atoms with E-state index < -0.39 is 0 Å². The zero-order valence-electron chi connectivity index (χ0n) is 12.7. The van der Waals surface area contributed by atoms with Crippen LogP contribution in [0.5, 0.6) is 0 Å². The van der Waals surface area contributed by atoms with Gasteiger partial charge in [0.2, 0.25) is 0 Å². The average molecular weight is 347 g/mol. The molecule has 7 heteroatoms. The molecule has 1 N–H and O–H groups in total. The van der Waals surface area contributed by atoms with E-state index in [2.05, 4.69) is 15.4 Å². The number of carbonyl (C=O) groups excluding carboxylic acids is 1. The third-order valence-electron chi connectivity index (χ3n) is 3.39. The highest BCUT2D eigenvalue weighted by Gasteiger charge is 2.14. The molecule has 1 amide bonds. The molecular formula is C16H15ClN4OS. The van der Waals surface area contributed by atoms with Crippen LogP contribution in [0.15, 0.2) is 36.5 Å². The number of benzene rings is 1. The number of nitrogens with one attached hydrogen (secondary N) is 1. The van der Waals surface area contributed by atoms with Gasteiger partial charge in [0.05, 0.1) is 10.7 Å². The molecule has 5 nitrogen and oxygen atoms in total. The number of rotatable bonds is 4. The van der Waals surface area contributed by atoms with E-state index in [1.165, 1.54) is 11.3 Å². The molecule has 3 aromatic rings. The topological polar surface area (TPSA) is 59.8 Å². The van der Waals surface area contributed by atoms with Gasteiger partial charge in [0.1, 0.15) is 10.7 Å². The van der Waals surface area contributed by atoms with Crippen molar-refractivity contribution in [2.75, 3.05) is 5.32 Å². The summed E-state index contributed by atoms with van der Waals surface area (Å²) in [7, 11) is 1.74. The number of amides is 1. The Kier molecular flexibility index (Phi) is 4.45. The Morgan fingerprint density at radius 1 is 1.30 bits per heavy atom. The first-order chi connectivity index (χ1) is 11.0. The molecule has 1 aromatic carbocycles. The Hall–Kier alpha value is -2.18. The molecule has 23 heavy (non-hydrogen) atoms. The number of halogens is 1. The highest BCUT2D eigenvalue weighted by Crippen LogP contribution is 2.26. The molecule has 3 rings (SSSR count). The minimum atomic E-state index is -0.185. The van der Waals surface area contributed by atoms with Crippen molar-refractivity contribution in [3.63, 3.8) is 0 Å². The largest absolute Gasteiger partial charge is 0.311 e. The summed E-state index contributed by atoms with van der Waals surface area (Å²) in [6.45, 7) is 1.89. The fraction of sp³-hybridized carbons (Fsp3) is 0.188. The smallest absolute Gasteiger partial charge is 0.274 e. The Balaban J connectivity index is 1.74. The van der Waals surface area contributed by atoms with Gasteiger partial charge in [-0.3, -0.25) is 9.48 Å². The van der Waals surface area contributed by atoms with Gasteiger partial charge in [-0.05, 0) is 30.7 Å². The van der Waals surface area contributed by atoms with E-state index in [1.807, 2.05) is 31.2 Å². The van der Waals surface area contributed by atoms with Crippen LogP contribution in [0.25, 0.3) is 0 Å². The zero-order chi connectivity index (χ0) is 16.4. The second-order valence-corrected chi connectivity index (χ2v) is 6.64. The summed E-state index contributed by atoms with van der Waals surface area (Å²) in [4.78, 5) is 16.8. The van der Waals surface area contributed by atoms with Crippen LogP contribution in [0.3, 0.4) is 0 Å². The number of hydrogen-bond acceptors (Lipinski definition) is 4. The highest BCUT2D eigenvalue weighted by atomic mass is 35.5. The minimum absolute atomic E-state index is 0.185. The first-order valence-corrected chi connectivity index (χ1v) is 8.22. The lowest BCUT2D eigenvalue weighted by Gasteiger charge is -2.03. The van der Waals surface area contributed by atoms with Gasteiger partial charge in [-0.2, -0.15) is 5.10 Å². The van der Waals surface area contributed by atoms with E-state index in [0.29, 0.717) is 17.1 Å². The molecule has 0 fully saturated rings. The first kappa shape index (κ1) is 15.7. The fourth-order valence-electron chi connectivity index (χ4n) is 2.18. The van der Waals surface area contributed by atoms with Crippen LogP contribution < -0.4 is 5.32 Å². The van der Waals surface area contributed by atoms with Crippen LogP contribution in [-0.4, -0.2) is 20.7 Å². The molecule has 0 saturated heterocycles. The standard InChI is InChI=1S/C16H15ClN4OS/c1-10-16(20-15(22)13-7-8-18-21(13)2)23-14(19-10)9-11-3-5-12(17)6-4-11/h3-8H,9H2,1-2H3,(H,20,22). The predicted molar refractivity (Wildman–Crippen MR) is 92.3 cm³/mol. The monoisotopic (exact) mass is 346 g/mol. The number of aryl methyl sites for hydroxylation is 2. The third kappa shape index (κ3) is 3.60. The molecule has 0 aliphatic carbocycles. The maximum atomic E-state index is 12.2. The van der Waals surface area contributed by atoms with Crippen molar-refractivity contribution in [2.24, 2.45) is 7.05 Å². The molecule has 0 bridgehead atoms. The molecule has 0 unspecified atom stereocenters. The fourth-order valence-corrected chi connectivity index (χ4v) is 3.30. The van der Waals surface area contributed by atoms with Gasteiger partial charge >= 0.3 is 0 Å². The van der Waals surface area contributed by atoms with Crippen molar-refractivity contribution in [3.05, 3.63) is 63.5 Å². The van der Waals surface area contributed by atoms with Crippen LogP contribution in [0.1, 0.15) is 26.8 Å². The molecule has 0 atom stereocenters. The molecule has 118 valence electrons. The van der Waals surface area contributed by atoms with Crippen LogP contribution in [-0.2, 0) is 13.5 Å². The van der Waals surface area contributed by atoms with Crippen molar-refractivity contribution in [3.8, 4) is 0 Å². The summed E-state index contributed by atoms with van der Waals surface area (Å²) in [5.41, 5.74) is 2.46. The summed E-state index contributed by atoms with van der Waals surface area (Å²) >= 11 is 7.38. The Morgan fingerprint density at radius 2 is 2.04 bits per heavy atom. The quantitative estimate of drug-likeness (QED) is 0.783. The molecule has 0 saturated carbocycles. The summed E-state index contributed by atoms with van der Waals surface area (Å²) in [5, 5.41) is 9.34. The number of hydrogen-bond donors (Lipinski definition) is 1. The lowest BCUT2D eigenvalue weighted by molar-refractivity contribution is 0.101. The number of nitrogens with zero attached hydrogens (tertiary/aromatic N) is 3. The van der Waals surface area contributed by atoms with Gasteiger partial charge in [-0.1, -0.05) is 23.7 Å². The van der Waals surface area contributed by atoms with Gasteiger partial charge in [-0.15, -0.1) is 11.3 Å². The van der Waals surface area contributed by atoms with Crippen molar-refractivity contribution in [2.45, 2.75) is 13.3 Å². The maximum absolute atomic E-state index is 12.2. The van der Waals surface area contributed by atoms with E-state index >= 15 is 0 Å². The van der Waals surface area contributed by atoms with Crippen molar-refractivity contribution in [1.82, 2.24) is 14.8 Å². The molecule has 0 aliphatic rings. The zero-order valence-corrected chi connectivity index (χ0v) is 14.3. The lowest BCUT2D eigenvalue weighted by Crippen LogP contribution is -2.15. The number of thiazole rings is 1. The third-order valence-corrected chi connectivity index (χ3v) is 4.71. The normalized spacial score (nSPS) is 10.7. The van der Waals surface area contributed by atoms with Crippen molar-refractivity contribution >= 4 is 33.8 Å². The van der Waals surface area contributed by atoms with E-state index in [9.17, 15) is 4.79 Å². The van der Waals surface area contributed by atoms with Gasteiger partial charge in [0.15, 0.2) is 0 Å². The van der Waals surface area contributed by atoms with Crippen LogP contribution in [0.2, 0.25) is 5.02 Å². The molecule has 2 aromatic heterocycles. The Morgan fingerprint density at radius 3 is 2.70 bits per heavy atom. The van der Waals surface area contributed by atoms with E-state index in [1.54, 1.807) is 24.0 Å². The summed E-state index contributed by atoms with van der Waals surface area (Å²) < 4.78 is 1.54. The van der Waals surface area contributed by atoms with Gasteiger partial charge in [-0.25, -0.2) is 4.98 Å². The number of carbonyl (C=O) groups is 1. The van der Waals surface area contributed by atoms with Gasteiger partial charge in [0, 0.05) is 24.7 Å². The summed E-state index contributed by atoms with van der Waals surface area (Å²) in [5.74, 6) is -0.185. The van der Waals surface area contributed by atoms with E-state index in [-0.39, 0.29) is 5.91 Å². The number of aromatic nitrogens is 3. The predicted octanol–water partition coefficient (Wildman–Crippen LogP) is 3.68. The molecule has 0 spiro atoms. The molecule has 0 radical (unpaired) electrons. The average Bonchev–Trinajstić information content (AvgIpc) is 3.08. The maximum Gasteiger partial charge on any atom is 0.274 e. The summed E-state index contributed by atoms with van der Waals surface area (Å²) in [6.07, 6.45) is 2.31. The van der Waals surface area contributed by atoms with E-state index in [4.69, 9.17) is 11.6 Å². The highest BCUT2D eigenvalue weighted by molar-refractivity contribution is 7.16. The molecular weight excluding hydrogens is 332 g/mol. The second-order valence-electron chi connectivity index (χ2n) is 5.12. The van der Waals surface area contributed by atoms with Crippen LogP contribution in [0, 0.1) is 6.92 Å². The summed E-state index contributed by atoms with van der Waals surface area (Å²) in [6, 6.07) is 9.37.